The lowest BCUT2D eigenvalue weighted by molar-refractivity contribution is -0.150. The van der Waals surface area contributed by atoms with Gasteiger partial charge in [-0.3, -0.25) is 4.79 Å². The molecule has 2 aromatic carbocycles. The quantitative estimate of drug-likeness (QED) is 0.585. The minimum atomic E-state index is -1.08. The maximum Gasteiger partial charge on any atom is 0.407 e. The average Bonchev–Trinajstić information content (AvgIpc) is 3.62. The molecule has 4 rings (SSSR count). The van der Waals surface area contributed by atoms with Crippen LogP contribution in [0.2, 0.25) is 0 Å². The molecule has 0 spiro atoms. The number of nitrogens with zero attached hydrogens (tertiary/aromatic N) is 1. The van der Waals surface area contributed by atoms with Crippen LogP contribution in [-0.2, 0) is 14.3 Å². The molecule has 0 bridgehead atoms. The second kappa shape index (κ2) is 10.0. The zero-order chi connectivity index (χ0) is 24.2. The molecule has 34 heavy (non-hydrogen) atoms. The van der Waals surface area contributed by atoms with E-state index in [-0.39, 0.29) is 25.0 Å². The van der Waals surface area contributed by atoms with E-state index < -0.39 is 30.1 Å². The van der Waals surface area contributed by atoms with E-state index in [2.05, 4.69) is 29.3 Å². The molecule has 2 atom stereocenters. The van der Waals surface area contributed by atoms with Crippen LogP contribution in [0.4, 0.5) is 4.79 Å². The van der Waals surface area contributed by atoms with Gasteiger partial charge >= 0.3 is 12.1 Å². The molecule has 0 saturated heterocycles. The first-order valence-electron chi connectivity index (χ1n) is 11.5. The van der Waals surface area contributed by atoms with Crippen molar-refractivity contribution >= 4 is 18.0 Å². The van der Waals surface area contributed by atoms with Gasteiger partial charge < -0.3 is 20.1 Å². The van der Waals surface area contributed by atoms with Crippen LogP contribution in [0.5, 0.6) is 0 Å². The first kappa shape index (κ1) is 23.4. The molecule has 1 fully saturated rings. The summed E-state index contributed by atoms with van der Waals surface area (Å²) in [4.78, 5) is 38.9. The summed E-state index contributed by atoms with van der Waals surface area (Å²) in [6.45, 7) is 3.25. The summed E-state index contributed by atoms with van der Waals surface area (Å²) in [7, 11) is 0. The lowest BCUT2D eigenvalue weighted by atomic mass is 9.98. The van der Waals surface area contributed by atoms with Crippen molar-refractivity contribution in [3.05, 3.63) is 59.7 Å². The van der Waals surface area contributed by atoms with Crippen molar-refractivity contribution in [1.29, 1.82) is 0 Å². The SMILES string of the molecule is CC#CCC(NC(=O)OCC1c2ccccc2-c2ccccc21)C(=O)N(C1CC1)C(C)C(=O)O. The van der Waals surface area contributed by atoms with E-state index in [1.54, 1.807) is 6.92 Å². The summed E-state index contributed by atoms with van der Waals surface area (Å²) >= 11 is 0. The van der Waals surface area contributed by atoms with Gasteiger partial charge in [-0.15, -0.1) is 11.8 Å². The average molecular weight is 461 g/mol. The number of nitrogens with one attached hydrogen (secondary N) is 1. The van der Waals surface area contributed by atoms with Crippen molar-refractivity contribution in [3.63, 3.8) is 0 Å². The van der Waals surface area contributed by atoms with Gasteiger partial charge in [0, 0.05) is 18.4 Å². The molecule has 2 aliphatic rings. The Labute approximate surface area is 199 Å². The van der Waals surface area contributed by atoms with Crippen molar-refractivity contribution in [3.8, 4) is 23.0 Å². The highest BCUT2D eigenvalue weighted by molar-refractivity contribution is 5.90. The van der Waals surface area contributed by atoms with Crippen molar-refractivity contribution in [2.45, 2.75) is 57.2 Å². The fourth-order valence-corrected chi connectivity index (χ4v) is 4.53. The minimum absolute atomic E-state index is 0.0785. The molecule has 0 aliphatic heterocycles. The van der Waals surface area contributed by atoms with E-state index in [9.17, 15) is 19.5 Å². The fraction of sp³-hybridized carbons (Fsp3) is 0.370. The van der Waals surface area contributed by atoms with Crippen LogP contribution < -0.4 is 5.32 Å². The Kier molecular flexibility index (Phi) is 6.87. The monoisotopic (exact) mass is 460 g/mol. The van der Waals surface area contributed by atoms with E-state index in [0.717, 1.165) is 35.1 Å². The van der Waals surface area contributed by atoms with Crippen LogP contribution in [-0.4, -0.2) is 52.7 Å². The first-order valence-corrected chi connectivity index (χ1v) is 11.5. The summed E-state index contributed by atoms with van der Waals surface area (Å²) in [6, 6.07) is 14.0. The van der Waals surface area contributed by atoms with Crippen molar-refractivity contribution < 1.29 is 24.2 Å². The normalized spacial score (nSPS) is 15.7. The number of aliphatic carboxylic acids is 1. The van der Waals surface area contributed by atoms with Crippen LogP contribution in [0.1, 0.15) is 50.2 Å². The third-order valence-electron chi connectivity index (χ3n) is 6.39. The number of carboxylic acid groups (broad SMARTS) is 1. The second-order valence-corrected chi connectivity index (χ2v) is 8.64. The number of carboxylic acids is 1. The number of carbonyl (C=O) groups is 3. The molecule has 176 valence electrons. The summed E-state index contributed by atoms with van der Waals surface area (Å²) in [5.74, 6) is 3.93. The number of ether oxygens (including phenoxy) is 1. The maximum atomic E-state index is 13.2. The van der Waals surface area contributed by atoms with Crippen LogP contribution in [0.3, 0.4) is 0 Å². The molecule has 0 radical (unpaired) electrons. The number of alkyl carbamates (subject to hydrolysis) is 1. The molecule has 7 heteroatoms. The van der Waals surface area contributed by atoms with Crippen LogP contribution in [0.25, 0.3) is 11.1 Å². The van der Waals surface area contributed by atoms with Crippen molar-refractivity contribution in [2.75, 3.05) is 6.61 Å². The molecule has 2 N–H and O–H groups in total. The van der Waals surface area contributed by atoms with Crippen LogP contribution in [0, 0.1) is 11.8 Å². The lowest BCUT2D eigenvalue weighted by Crippen LogP contribution is -2.54. The molecule has 0 aromatic heterocycles. The lowest BCUT2D eigenvalue weighted by Gasteiger charge is -2.30. The molecule has 2 unspecified atom stereocenters. The second-order valence-electron chi connectivity index (χ2n) is 8.64. The topological polar surface area (TPSA) is 95.9 Å². The minimum Gasteiger partial charge on any atom is -0.480 e. The molecule has 2 aliphatic carbocycles. The number of benzene rings is 2. The molecule has 2 aromatic rings. The summed E-state index contributed by atoms with van der Waals surface area (Å²) in [5, 5.41) is 12.1. The Balaban J connectivity index is 1.46. The zero-order valence-electron chi connectivity index (χ0n) is 19.3. The number of carbonyl (C=O) groups excluding carboxylic acids is 2. The van der Waals surface area contributed by atoms with Gasteiger partial charge in [-0.05, 0) is 48.9 Å². The molecular weight excluding hydrogens is 432 g/mol. The van der Waals surface area contributed by atoms with Crippen LogP contribution in [0.15, 0.2) is 48.5 Å². The molecule has 1 saturated carbocycles. The molecule has 7 nitrogen and oxygen atoms in total. The van der Waals surface area contributed by atoms with Gasteiger partial charge in [-0.2, -0.15) is 0 Å². The van der Waals surface area contributed by atoms with Gasteiger partial charge in [-0.25, -0.2) is 9.59 Å². The highest BCUT2D eigenvalue weighted by atomic mass is 16.5. The Morgan fingerprint density at radius 1 is 1.09 bits per heavy atom. The predicted molar refractivity (Wildman–Crippen MR) is 127 cm³/mol. The molecule has 0 heterocycles. The summed E-state index contributed by atoms with van der Waals surface area (Å²) in [6.07, 6.45) is 0.854. The largest absolute Gasteiger partial charge is 0.480 e. The van der Waals surface area contributed by atoms with E-state index in [0.29, 0.717) is 0 Å². The maximum absolute atomic E-state index is 13.2. The van der Waals surface area contributed by atoms with E-state index in [1.165, 1.54) is 11.8 Å². The summed E-state index contributed by atoms with van der Waals surface area (Å²) in [5.41, 5.74) is 4.44. The zero-order valence-corrected chi connectivity index (χ0v) is 19.3. The highest BCUT2D eigenvalue weighted by Crippen LogP contribution is 2.44. The predicted octanol–water partition coefficient (Wildman–Crippen LogP) is 3.77. The molecular formula is C27H28N2O5. The van der Waals surface area contributed by atoms with Gasteiger partial charge in [-0.1, -0.05) is 48.5 Å². The summed E-state index contributed by atoms with van der Waals surface area (Å²) < 4.78 is 5.58. The van der Waals surface area contributed by atoms with Gasteiger partial charge in [0.25, 0.3) is 0 Å². The number of fused-ring (bicyclic) bond motifs is 3. The van der Waals surface area contributed by atoms with Crippen molar-refractivity contribution in [1.82, 2.24) is 10.2 Å². The Hall–Kier alpha value is -3.79. The van der Waals surface area contributed by atoms with E-state index in [1.807, 2.05) is 36.4 Å². The first-order chi connectivity index (χ1) is 16.4. The standard InChI is InChI=1S/C27H28N2O5/c1-3-4-13-24(25(30)29(18-14-15-18)17(2)26(31)32)28-27(33)34-16-23-21-11-7-5-9-19(21)20-10-6-8-12-22(20)23/h5-12,17-18,23-24H,13-16H2,1-2H3,(H,28,33)(H,31,32). The number of hydrogen-bond acceptors (Lipinski definition) is 4. The Morgan fingerprint density at radius 3 is 2.21 bits per heavy atom. The molecule has 2 amide bonds. The highest BCUT2D eigenvalue weighted by Gasteiger charge is 2.41. The number of hydrogen-bond donors (Lipinski definition) is 2. The van der Waals surface area contributed by atoms with Gasteiger partial charge in [0.2, 0.25) is 5.91 Å². The van der Waals surface area contributed by atoms with Gasteiger partial charge in [0.1, 0.15) is 18.7 Å². The van der Waals surface area contributed by atoms with Gasteiger partial charge in [0.15, 0.2) is 0 Å². The number of amides is 2. The van der Waals surface area contributed by atoms with Crippen LogP contribution >= 0.6 is 0 Å². The van der Waals surface area contributed by atoms with Gasteiger partial charge in [0.05, 0.1) is 0 Å². The number of rotatable bonds is 8. The third-order valence-corrected chi connectivity index (χ3v) is 6.39. The van der Waals surface area contributed by atoms with E-state index in [4.69, 9.17) is 4.74 Å². The Bertz CT molecular complexity index is 1120. The Morgan fingerprint density at radius 2 is 1.68 bits per heavy atom. The smallest absolute Gasteiger partial charge is 0.407 e. The van der Waals surface area contributed by atoms with Crippen molar-refractivity contribution in [2.24, 2.45) is 0 Å². The third kappa shape index (κ3) is 4.76. The fourth-order valence-electron chi connectivity index (χ4n) is 4.53. The van der Waals surface area contributed by atoms with E-state index >= 15 is 0 Å².